The maximum Gasteiger partial charge on any atom is 0.321 e. The van der Waals surface area contributed by atoms with E-state index >= 15 is 0 Å². The predicted molar refractivity (Wildman–Crippen MR) is 71.9 cm³/mol. The van der Waals surface area contributed by atoms with E-state index < -0.39 is 17.4 Å². The monoisotopic (exact) mass is 243 g/mol. The van der Waals surface area contributed by atoms with Crippen LogP contribution in [0.1, 0.15) is 18.9 Å². The van der Waals surface area contributed by atoms with Gasteiger partial charge in [0.05, 0.1) is 0 Å². The highest BCUT2D eigenvalue weighted by Crippen LogP contribution is 2.34. The molecule has 3 nitrogen and oxygen atoms in total. The molecule has 3 heteroatoms. The van der Waals surface area contributed by atoms with Gasteiger partial charge in [0.15, 0.2) is 0 Å². The summed E-state index contributed by atoms with van der Waals surface area (Å²) in [5.74, 6) is -0.960. The zero-order valence-corrected chi connectivity index (χ0v) is 10.3. The first-order valence-electron chi connectivity index (χ1n) is 5.96. The van der Waals surface area contributed by atoms with Crippen molar-refractivity contribution in [3.8, 4) is 0 Å². The lowest BCUT2D eigenvalue weighted by molar-refractivity contribution is -0.140. The molecule has 0 aliphatic heterocycles. The number of nitrogens with two attached hydrogens (primary N) is 1. The molecule has 2 unspecified atom stereocenters. The molecular weight excluding hydrogens is 226 g/mol. The average Bonchev–Trinajstić information content (AvgIpc) is 2.39. The Kier molecular flexibility index (Phi) is 3.34. The highest BCUT2D eigenvalue weighted by molar-refractivity contribution is 5.78. The average molecular weight is 243 g/mol. The molecule has 0 aromatic heterocycles. The number of aliphatic carboxylic acids is 1. The number of allylic oxidation sites excluding steroid dienone is 3. The summed E-state index contributed by atoms with van der Waals surface area (Å²) in [6.07, 6.45) is 6.56. The molecule has 94 valence electrons. The summed E-state index contributed by atoms with van der Waals surface area (Å²) in [5, 5.41) is 9.00. The number of benzene rings is 1. The van der Waals surface area contributed by atoms with Crippen LogP contribution in [0, 0.1) is 5.41 Å². The van der Waals surface area contributed by atoms with Gasteiger partial charge in [-0.25, -0.2) is 0 Å². The lowest BCUT2D eigenvalue weighted by Crippen LogP contribution is -2.44. The van der Waals surface area contributed by atoms with E-state index in [1.165, 1.54) is 0 Å². The van der Waals surface area contributed by atoms with E-state index in [0.29, 0.717) is 6.42 Å². The molecule has 0 bridgehead atoms. The Balaban J connectivity index is 2.19. The maximum absolute atomic E-state index is 11.0. The molecule has 0 radical (unpaired) electrons. The van der Waals surface area contributed by atoms with Crippen LogP contribution in [0.3, 0.4) is 0 Å². The fraction of sp³-hybridized carbons (Fsp3) is 0.267. The van der Waals surface area contributed by atoms with Crippen molar-refractivity contribution in [2.24, 2.45) is 11.1 Å². The fourth-order valence-corrected chi connectivity index (χ4v) is 2.10. The summed E-state index contributed by atoms with van der Waals surface area (Å²) in [6.45, 7) is 1.88. The molecule has 0 heterocycles. The molecule has 1 aromatic carbocycles. The normalized spacial score (nSPS) is 24.4. The Labute approximate surface area is 107 Å². The third kappa shape index (κ3) is 2.36. The molecule has 2 rings (SSSR count). The smallest absolute Gasteiger partial charge is 0.321 e. The molecule has 0 amide bonds. The van der Waals surface area contributed by atoms with Crippen LogP contribution < -0.4 is 5.73 Å². The third-order valence-corrected chi connectivity index (χ3v) is 3.49. The van der Waals surface area contributed by atoms with Crippen molar-refractivity contribution in [3.63, 3.8) is 0 Å². The lowest BCUT2D eigenvalue weighted by Gasteiger charge is -2.31. The van der Waals surface area contributed by atoms with Gasteiger partial charge >= 0.3 is 5.97 Å². The molecule has 1 aromatic rings. The van der Waals surface area contributed by atoms with Crippen LogP contribution in [-0.4, -0.2) is 17.1 Å². The highest BCUT2D eigenvalue weighted by Gasteiger charge is 2.34. The molecule has 2 atom stereocenters. The van der Waals surface area contributed by atoms with Crippen LogP contribution in [0.25, 0.3) is 5.57 Å². The SMILES string of the molecule is CC1(C(N)C(=O)O)C=CC(c2ccccc2)=CC1. The molecule has 1 aliphatic rings. The number of carbonyl (C=O) groups is 1. The van der Waals surface area contributed by atoms with E-state index in [1.807, 2.05) is 49.4 Å². The molecule has 0 saturated carbocycles. The van der Waals surface area contributed by atoms with E-state index in [0.717, 1.165) is 11.1 Å². The second kappa shape index (κ2) is 4.78. The van der Waals surface area contributed by atoms with E-state index in [1.54, 1.807) is 0 Å². The van der Waals surface area contributed by atoms with Crippen molar-refractivity contribution < 1.29 is 9.90 Å². The number of carboxylic acids is 1. The van der Waals surface area contributed by atoms with Crippen LogP contribution in [0.5, 0.6) is 0 Å². The summed E-state index contributed by atoms with van der Waals surface area (Å²) in [4.78, 5) is 11.0. The van der Waals surface area contributed by atoms with E-state index in [-0.39, 0.29) is 0 Å². The maximum atomic E-state index is 11.0. The van der Waals surface area contributed by atoms with Crippen LogP contribution in [0.2, 0.25) is 0 Å². The van der Waals surface area contributed by atoms with Crippen LogP contribution in [0.15, 0.2) is 48.6 Å². The second-order valence-corrected chi connectivity index (χ2v) is 4.88. The van der Waals surface area contributed by atoms with Gasteiger partial charge < -0.3 is 10.8 Å². The standard InChI is InChI=1S/C15H17NO2/c1-15(13(16)14(17)18)9-7-12(8-10-15)11-5-3-2-4-6-11/h2-9,13H,10,16H2,1H3,(H,17,18). The second-order valence-electron chi connectivity index (χ2n) is 4.88. The topological polar surface area (TPSA) is 63.3 Å². The Hall–Kier alpha value is -1.87. The van der Waals surface area contributed by atoms with Gasteiger partial charge in [-0.3, -0.25) is 4.79 Å². The predicted octanol–water partition coefficient (Wildman–Crippen LogP) is 2.45. The van der Waals surface area contributed by atoms with Gasteiger partial charge in [0, 0.05) is 5.41 Å². The van der Waals surface area contributed by atoms with Crippen molar-refractivity contribution in [2.75, 3.05) is 0 Å². The molecule has 0 saturated heterocycles. The lowest BCUT2D eigenvalue weighted by atomic mass is 9.75. The highest BCUT2D eigenvalue weighted by atomic mass is 16.4. The first-order chi connectivity index (χ1) is 8.53. The Morgan fingerprint density at radius 3 is 2.56 bits per heavy atom. The zero-order chi connectivity index (χ0) is 13.2. The van der Waals surface area contributed by atoms with Gasteiger partial charge in [-0.05, 0) is 17.6 Å². The molecule has 18 heavy (non-hydrogen) atoms. The summed E-state index contributed by atoms with van der Waals surface area (Å²) in [5.41, 5.74) is 7.47. The molecule has 0 spiro atoms. The van der Waals surface area contributed by atoms with Crippen molar-refractivity contribution >= 4 is 11.5 Å². The number of rotatable bonds is 3. The van der Waals surface area contributed by atoms with Crippen LogP contribution >= 0.6 is 0 Å². The Morgan fingerprint density at radius 1 is 1.39 bits per heavy atom. The number of hydrogen-bond acceptors (Lipinski definition) is 2. The van der Waals surface area contributed by atoms with Crippen molar-refractivity contribution in [1.82, 2.24) is 0 Å². The summed E-state index contributed by atoms with van der Waals surface area (Å²) in [6, 6.07) is 9.15. The molecular formula is C15H17NO2. The molecule has 1 aliphatic carbocycles. The van der Waals surface area contributed by atoms with E-state index in [2.05, 4.69) is 6.08 Å². The minimum absolute atomic E-state index is 0.510. The summed E-state index contributed by atoms with van der Waals surface area (Å²) in [7, 11) is 0. The number of hydrogen-bond donors (Lipinski definition) is 2. The van der Waals surface area contributed by atoms with Crippen LogP contribution in [0.4, 0.5) is 0 Å². The summed E-state index contributed by atoms with van der Waals surface area (Å²) < 4.78 is 0. The fourth-order valence-electron chi connectivity index (χ4n) is 2.10. The van der Waals surface area contributed by atoms with Gasteiger partial charge in [0.1, 0.15) is 6.04 Å². The van der Waals surface area contributed by atoms with Gasteiger partial charge in [-0.2, -0.15) is 0 Å². The quantitative estimate of drug-likeness (QED) is 0.857. The molecule has 3 N–H and O–H groups in total. The van der Waals surface area contributed by atoms with Gasteiger partial charge in [0.2, 0.25) is 0 Å². The van der Waals surface area contributed by atoms with E-state index in [4.69, 9.17) is 10.8 Å². The Morgan fingerprint density at radius 2 is 2.06 bits per heavy atom. The van der Waals surface area contributed by atoms with Crippen molar-refractivity contribution in [2.45, 2.75) is 19.4 Å². The van der Waals surface area contributed by atoms with E-state index in [9.17, 15) is 4.79 Å². The van der Waals surface area contributed by atoms with Gasteiger partial charge in [-0.1, -0.05) is 55.5 Å². The minimum atomic E-state index is -0.960. The third-order valence-electron chi connectivity index (χ3n) is 3.49. The van der Waals surface area contributed by atoms with Gasteiger partial charge in [0.25, 0.3) is 0 Å². The minimum Gasteiger partial charge on any atom is -0.480 e. The largest absolute Gasteiger partial charge is 0.480 e. The molecule has 0 fully saturated rings. The summed E-state index contributed by atoms with van der Waals surface area (Å²) >= 11 is 0. The Bertz CT molecular complexity index is 504. The van der Waals surface area contributed by atoms with Crippen molar-refractivity contribution in [3.05, 3.63) is 54.1 Å². The number of carboxylic acid groups (broad SMARTS) is 1. The first-order valence-corrected chi connectivity index (χ1v) is 5.96. The van der Waals surface area contributed by atoms with Crippen LogP contribution in [-0.2, 0) is 4.79 Å². The zero-order valence-electron chi connectivity index (χ0n) is 10.3. The van der Waals surface area contributed by atoms with Gasteiger partial charge in [-0.15, -0.1) is 0 Å². The van der Waals surface area contributed by atoms with Crippen molar-refractivity contribution in [1.29, 1.82) is 0 Å². The first kappa shape index (κ1) is 12.6.